The first-order valence-corrected chi connectivity index (χ1v) is 9.51. The van der Waals surface area contributed by atoms with Gasteiger partial charge in [-0.2, -0.15) is 0 Å². The number of ether oxygens (including phenoxy) is 2. The van der Waals surface area contributed by atoms with Crippen LogP contribution in [0.1, 0.15) is 42.8 Å². The summed E-state index contributed by atoms with van der Waals surface area (Å²) in [6.45, 7) is -0.0764. The summed E-state index contributed by atoms with van der Waals surface area (Å²) in [7, 11) is 0. The lowest BCUT2D eigenvalue weighted by molar-refractivity contribution is -0.246. The second-order valence-corrected chi connectivity index (χ2v) is 7.02. The highest BCUT2D eigenvalue weighted by atomic mass is 19.2. The normalized spacial score (nSPS) is 21.5. The van der Waals surface area contributed by atoms with E-state index in [0.717, 1.165) is 0 Å². The van der Waals surface area contributed by atoms with Crippen molar-refractivity contribution < 1.29 is 41.3 Å². The van der Waals surface area contributed by atoms with Gasteiger partial charge in [0, 0.05) is 12.3 Å². The topological polar surface area (TPSA) is 55.8 Å². The molecule has 1 aliphatic rings. The molecule has 1 aliphatic heterocycles. The van der Waals surface area contributed by atoms with Crippen molar-refractivity contribution in [2.45, 2.75) is 31.7 Å². The lowest BCUT2D eigenvalue weighted by atomic mass is 9.91. The van der Waals surface area contributed by atoms with Gasteiger partial charge in [0.15, 0.2) is 29.6 Å². The lowest BCUT2D eigenvalue weighted by Gasteiger charge is -2.37. The number of benzene rings is 2. The van der Waals surface area contributed by atoms with E-state index in [1.807, 2.05) is 0 Å². The Kier molecular flexibility index (Phi) is 7.40. The molecule has 166 valence electrons. The molecule has 0 saturated carbocycles. The third kappa shape index (κ3) is 5.11. The second-order valence-electron chi connectivity index (χ2n) is 7.02. The minimum atomic E-state index is -2.25. The third-order valence-electron chi connectivity index (χ3n) is 4.90. The van der Waals surface area contributed by atoms with Crippen molar-refractivity contribution in [3.05, 3.63) is 82.7 Å². The Balaban J connectivity index is 1.85. The predicted molar refractivity (Wildman–Crippen MR) is 99.3 cm³/mol. The van der Waals surface area contributed by atoms with Gasteiger partial charge in [-0.25, -0.2) is 22.0 Å². The van der Waals surface area contributed by atoms with E-state index >= 15 is 0 Å². The number of carboxylic acid groups (broad SMARTS) is 1. The van der Waals surface area contributed by atoms with Gasteiger partial charge in [-0.1, -0.05) is 42.5 Å². The quantitative estimate of drug-likeness (QED) is 0.263. The number of allylic oxidation sites excluding steroid dienone is 2. The van der Waals surface area contributed by atoms with Gasteiger partial charge in [0.05, 0.1) is 18.3 Å². The number of carboxylic acids is 1. The van der Waals surface area contributed by atoms with Gasteiger partial charge >= 0.3 is 5.97 Å². The van der Waals surface area contributed by atoms with Crippen LogP contribution in [-0.2, 0) is 14.3 Å². The molecule has 1 N–H and O–H groups in total. The maximum absolute atomic E-state index is 14.2. The standard InChI is InChI=1S/C22H19F5O4/c23-16-15(17(24)19(26)20(27)18(16)25)22-30-11-13(9-5-2-6-10-14(28)29)21(31-22)12-7-3-1-4-8-12/h1-5,7-8,13,21-22H,6,9-11H2,(H,28,29)/b5-2-. The van der Waals surface area contributed by atoms with Gasteiger partial charge in [-0.15, -0.1) is 0 Å². The highest BCUT2D eigenvalue weighted by Crippen LogP contribution is 2.42. The van der Waals surface area contributed by atoms with Gasteiger partial charge in [-0.05, 0) is 18.4 Å². The minimum Gasteiger partial charge on any atom is -0.481 e. The van der Waals surface area contributed by atoms with Crippen LogP contribution in [0.15, 0.2) is 42.5 Å². The summed E-state index contributed by atoms with van der Waals surface area (Å²) >= 11 is 0. The van der Waals surface area contributed by atoms with Crippen LogP contribution in [0.3, 0.4) is 0 Å². The second kappa shape index (κ2) is 10.0. The summed E-state index contributed by atoms with van der Waals surface area (Å²) in [5, 5.41) is 8.68. The molecular formula is C22H19F5O4. The summed E-state index contributed by atoms with van der Waals surface area (Å²) in [6.07, 6.45) is 1.58. The summed E-state index contributed by atoms with van der Waals surface area (Å²) < 4.78 is 80.1. The molecule has 3 atom stereocenters. The Morgan fingerprint density at radius 1 is 0.968 bits per heavy atom. The molecule has 1 saturated heterocycles. The minimum absolute atomic E-state index is 0.0292. The highest BCUT2D eigenvalue weighted by Gasteiger charge is 2.38. The fourth-order valence-corrected chi connectivity index (χ4v) is 3.34. The molecule has 9 heteroatoms. The fraction of sp³-hybridized carbons (Fsp3) is 0.318. The highest BCUT2D eigenvalue weighted by molar-refractivity contribution is 5.66. The van der Waals surface area contributed by atoms with Crippen molar-refractivity contribution in [1.29, 1.82) is 0 Å². The lowest BCUT2D eigenvalue weighted by Crippen LogP contribution is -2.31. The van der Waals surface area contributed by atoms with E-state index in [1.54, 1.807) is 42.5 Å². The van der Waals surface area contributed by atoms with E-state index in [0.29, 0.717) is 18.4 Å². The first-order valence-electron chi connectivity index (χ1n) is 9.51. The van der Waals surface area contributed by atoms with Crippen LogP contribution < -0.4 is 0 Å². The first kappa shape index (κ1) is 22.9. The number of carbonyl (C=O) groups is 1. The zero-order valence-electron chi connectivity index (χ0n) is 16.2. The number of hydrogen-bond donors (Lipinski definition) is 1. The van der Waals surface area contributed by atoms with E-state index in [2.05, 4.69) is 0 Å². The van der Waals surface area contributed by atoms with Crippen molar-refractivity contribution in [1.82, 2.24) is 0 Å². The van der Waals surface area contributed by atoms with Crippen LogP contribution in [0.2, 0.25) is 0 Å². The van der Waals surface area contributed by atoms with Crippen molar-refractivity contribution >= 4 is 5.97 Å². The monoisotopic (exact) mass is 442 g/mol. The van der Waals surface area contributed by atoms with E-state index in [1.165, 1.54) is 0 Å². The van der Waals surface area contributed by atoms with Crippen LogP contribution >= 0.6 is 0 Å². The molecule has 0 radical (unpaired) electrons. The summed E-state index contributed by atoms with van der Waals surface area (Å²) in [5.74, 6) is -11.6. The van der Waals surface area contributed by atoms with Crippen LogP contribution in [-0.4, -0.2) is 17.7 Å². The molecule has 1 fully saturated rings. The third-order valence-corrected chi connectivity index (χ3v) is 4.90. The molecule has 31 heavy (non-hydrogen) atoms. The van der Waals surface area contributed by atoms with Crippen LogP contribution in [0, 0.1) is 35.0 Å². The summed E-state index contributed by atoms with van der Waals surface area (Å²) in [6, 6.07) is 8.63. The average Bonchev–Trinajstić information content (AvgIpc) is 2.77. The number of hydrogen-bond acceptors (Lipinski definition) is 3. The molecule has 2 aromatic rings. The SMILES string of the molecule is O=C(O)CC/C=C\CC1COC(c2c(F)c(F)c(F)c(F)c2F)OC1c1ccccc1. The molecular weight excluding hydrogens is 423 g/mol. The number of rotatable bonds is 7. The Hall–Kier alpha value is -2.78. The fourth-order valence-electron chi connectivity index (χ4n) is 3.34. The molecule has 3 rings (SSSR count). The van der Waals surface area contributed by atoms with E-state index in [4.69, 9.17) is 14.6 Å². The first-order chi connectivity index (χ1) is 14.8. The maximum atomic E-state index is 14.2. The van der Waals surface area contributed by atoms with Crippen molar-refractivity contribution in [2.24, 2.45) is 5.92 Å². The molecule has 0 spiro atoms. The molecule has 0 aromatic heterocycles. The van der Waals surface area contributed by atoms with E-state index < -0.39 is 53.0 Å². The predicted octanol–water partition coefficient (Wildman–Crippen LogP) is 5.60. The summed E-state index contributed by atoms with van der Waals surface area (Å²) in [5.41, 5.74) is -0.531. The van der Waals surface area contributed by atoms with Crippen LogP contribution in [0.25, 0.3) is 0 Å². The zero-order valence-corrected chi connectivity index (χ0v) is 16.2. The smallest absolute Gasteiger partial charge is 0.303 e. The molecule has 3 unspecified atom stereocenters. The molecule has 0 amide bonds. The Labute approximate surface area is 174 Å². The largest absolute Gasteiger partial charge is 0.481 e. The van der Waals surface area contributed by atoms with E-state index in [-0.39, 0.29) is 18.9 Å². The van der Waals surface area contributed by atoms with Crippen molar-refractivity contribution in [3.63, 3.8) is 0 Å². The number of halogens is 5. The molecule has 0 bridgehead atoms. The summed E-state index contributed by atoms with van der Waals surface area (Å²) in [4.78, 5) is 10.6. The van der Waals surface area contributed by atoms with Gasteiger partial charge in [-0.3, -0.25) is 4.79 Å². The average molecular weight is 442 g/mol. The van der Waals surface area contributed by atoms with Crippen LogP contribution in [0.5, 0.6) is 0 Å². The van der Waals surface area contributed by atoms with Crippen LogP contribution in [0.4, 0.5) is 22.0 Å². The van der Waals surface area contributed by atoms with Crippen molar-refractivity contribution in [3.8, 4) is 0 Å². The molecule has 4 nitrogen and oxygen atoms in total. The maximum Gasteiger partial charge on any atom is 0.303 e. The Morgan fingerprint density at radius 3 is 2.19 bits per heavy atom. The van der Waals surface area contributed by atoms with Gasteiger partial charge in [0.1, 0.15) is 0 Å². The molecule has 2 aromatic carbocycles. The van der Waals surface area contributed by atoms with Gasteiger partial charge < -0.3 is 14.6 Å². The Morgan fingerprint density at radius 2 is 1.58 bits per heavy atom. The van der Waals surface area contributed by atoms with Crippen molar-refractivity contribution in [2.75, 3.05) is 6.61 Å². The molecule has 1 heterocycles. The van der Waals surface area contributed by atoms with E-state index in [9.17, 15) is 26.7 Å². The number of aliphatic carboxylic acids is 1. The van der Waals surface area contributed by atoms with Gasteiger partial charge in [0.2, 0.25) is 5.82 Å². The zero-order chi connectivity index (χ0) is 22.5. The Bertz CT molecular complexity index is 935. The van der Waals surface area contributed by atoms with Gasteiger partial charge in [0.25, 0.3) is 0 Å². The molecule has 0 aliphatic carbocycles.